The van der Waals surface area contributed by atoms with E-state index >= 15 is 0 Å². The van der Waals surface area contributed by atoms with Crippen molar-refractivity contribution in [2.75, 3.05) is 0 Å². The van der Waals surface area contributed by atoms with E-state index in [1.54, 1.807) is 0 Å². The smallest absolute Gasteiger partial charge is 0.160 e. The molecule has 0 N–H and O–H groups in total. The minimum Gasteiger partial charge on any atom is -0.228 e. The zero-order valence-corrected chi connectivity index (χ0v) is 23.7. The Bertz CT molecular complexity index is 1900. The molecule has 5 aromatic carbocycles. The average molecular weight is 547 g/mol. The van der Waals surface area contributed by atoms with Crippen molar-refractivity contribution >= 4 is 22.7 Å². The molecule has 2 heterocycles. The zero-order valence-electron chi connectivity index (χ0n) is 22.9. The van der Waals surface area contributed by atoms with E-state index in [9.17, 15) is 0 Å². The molecule has 1 saturated carbocycles. The maximum Gasteiger partial charge on any atom is 0.160 e. The summed E-state index contributed by atoms with van der Waals surface area (Å²) in [4.78, 5) is 13.0. The molecule has 0 atom stereocenters. The summed E-state index contributed by atoms with van der Waals surface area (Å²) in [7, 11) is 0. The van der Waals surface area contributed by atoms with Crippen LogP contribution in [0.5, 0.6) is 0 Å². The van der Waals surface area contributed by atoms with Gasteiger partial charge in [0.15, 0.2) is 5.82 Å². The normalized spacial score (nSPS) is 15.4. The van der Waals surface area contributed by atoms with Gasteiger partial charge < -0.3 is 0 Å². The summed E-state index contributed by atoms with van der Waals surface area (Å²) in [6.07, 6.45) is 6.38. The molecule has 2 aliphatic rings. The molecule has 1 aromatic heterocycles. The minimum atomic E-state index is 0.120. The lowest BCUT2D eigenvalue weighted by atomic mass is 9.64. The maximum absolute atomic E-state index is 5.13. The van der Waals surface area contributed by atoms with Crippen molar-refractivity contribution in [2.45, 2.75) is 47.3 Å². The van der Waals surface area contributed by atoms with Gasteiger partial charge in [0.2, 0.25) is 0 Å². The van der Waals surface area contributed by atoms with Crippen LogP contribution in [0.1, 0.15) is 43.2 Å². The van der Waals surface area contributed by atoms with Gasteiger partial charge in [-0.1, -0.05) is 122 Å². The van der Waals surface area contributed by atoms with E-state index in [4.69, 9.17) is 9.97 Å². The molecule has 0 bridgehead atoms. The van der Waals surface area contributed by atoms with Crippen molar-refractivity contribution in [3.63, 3.8) is 0 Å². The number of nitrogens with zero attached hydrogens (tertiary/aromatic N) is 2. The van der Waals surface area contributed by atoms with Crippen LogP contribution in [0.25, 0.3) is 44.7 Å². The molecule has 1 aliphatic carbocycles. The van der Waals surface area contributed by atoms with Crippen LogP contribution in [0.2, 0.25) is 0 Å². The van der Waals surface area contributed by atoms with Gasteiger partial charge in [-0.3, -0.25) is 0 Å². The van der Waals surface area contributed by atoms with Gasteiger partial charge in [-0.2, -0.15) is 0 Å². The molecule has 0 unspecified atom stereocenters. The first-order chi connectivity index (χ1) is 20.3. The van der Waals surface area contributed by atoms with Gasteiger partial charge in [-0.05, 0) is 65.4 Å². The Morgan fingerprint density at radius 1 is 0.512 bits per heavy atom. The first-order valence-corrected chi connectivity index (χ1v) is 15.5. The number of rotatable bonds is 3. The van der Waals surface area contributed by atoms with E-state index in [0.29, 0.717) is 0 Å². The second-order valence-electron chi connectivity index (χ2n) is 11.3. The van der Waals surface area contributed by atoms with Crippen LogP contribution in [0, 0.1) is 0 Å². The summed E-state index contributed by atoms with van der Waals surface area (Å²) in [5.74, 6) is 0.760. The van der Waals surface area contributed by atoms with Gasteiger partial charge in [-0.25, -0.2) is 9.97 Å². The number of hydrogen-bond acceptors (Lipinski definition) is 3. The molecule has 6 aromatic rings. The number of fused-ring (bicyclic) bond motifs is 5. The second kappa shape index (κ2) is 10.0. The van der Waals surface area contributed by atoms with Gasteiger partial charge in [0.1, 0.15) is 0 Å². The highest BCUT2D eigenvalue weighted by atomic mass is 32.2. The molecule has 41 heavy (non-hydrogen) atoms. The van der Waals surface area contributed by atoms with Gasteiger partial charge in [0, 0.05) is 31.7 Å². The lowest BCUT2D eigenvalue weighted by Crippen LogP contribution is -2.33. The predicted molar refractivity (Wildman–Crippen MR) is 170 cm³/mol. The molecular weight excluding hydrogens is 516 g/mol. The summed E-state index contributed by atoms with van der Waals surface area (Å²) >= 11 is 1.93. The summed E-state index contributed by atoms with van der Waals surface area (Å²) in [5, 5.41) is 1.07. The van der Waals surface area contributed by atoms with E-state index in [0.717, 1.165) is 33.5 Å². The van der Waals surface area contributed by atoms with E-state index in [1.165, 1.54) is 64.1 Å². The monoisotopic (exact) mass is 546 g/mol. The quantitative estimate of drug-likeness (QED) is 0.221. The molecule has 0 amide bonds. The molecule has 1 aliphatic heterocycles. The van der Waals surface area contributed by atoms with Crippen LogP contribution >= 0.6 is 11.8 Å². The van der Waals surface area contributed by atoms with E-state index in [1.807, 2.05) is 17.8 Å². The van der Waals surface area contributed by atoms with E-state index in [2.05, 4.69) is 115 Å². The van der Waals surface area contributed by atoms with Gasteiger partial charge in [0.25, 0.3) is 0 Å². The summed E-state index contributed by atoms with van der Waals surface area (Å²) in [6, 6.07) is 43.7. The number of hydrogen-bond donors (Lipinski definition) is 0. The lowest BCUT2D eigenvalue weighted by molar-refractivity contribution is 0.335. The van der Waals surface area contributed by atoms with Crippen molar-refractivity contribution in [1.82, 2.24) is 9.97 Å². The highest BCUT2D eigenvalue weighted by Crippen LogP contribution is 2.55. The highest BCUT2D eigenvalue weighted by Gasteiger charge is 2.41. The van der Waals surface area contributed by atoms with Crippen molar-refractivity contribution in [3.8, 4) is 33.8 Å². The Morgan fingerprint density at radius 2 is 1.22 bits per heavy atom. The Kier molecular flexibility index (Phi) is 6.00. The molecule has 0 radical (unpaired) electrons. The number of aromatic nitrogens is 2. The van der Waals surface area contributed by atoms with E-state index < -0.39 is 0 Å². The third-order valence-corrected chi connectivity index (χ3v) is 10.1. The molecule has 3 heteroatoms. The SMILES string of the molecule is c1ccc(-c2nc(-c3cccc(-c4ccc5c(c4)C4(CCCCC4)c4ccccc4S5)c3)nc3ccccc23)cc1. The third kappa shape index (κ3) is 4.19. The van der Waals surface area contributed by atoms with Crippen LogP contribution in [-0.2, 0) is 5.41 Å². The summed E-state index contributed by atoms with van der Waals surface area (Å²) in [5.41, 5.74) is 9.71. The first-order valence-electron chi connectivity index (χ1n) is 14.6. The molecule has 198 valence electrons. The van der Waals surface area contributed by atoms with Crippen molar-refractivity contribution < 1.29 is 0 Å². The second-order valence-corrected chi connectivity index (χ2v) is 12.4. The maximum atomic E-state index is 5.13. The fourth-order valence-electron chi connectivity index (χ4n) is 6.94. The Balaban J connectivity index is 1.24. The first kappa shape index (κ1) is 24.6. The zero-order chi connectivity index (χ0) is 27.2. The summed E-state index contributed by atoms with van der Waals surface area (Å²) < 4.78 is 0. The highest BCUT2D eigenvalue weighted by molar-refractivity contribution is 7.99. The Hall–Kier alpha value is -4.21. The minimum absolute atomic E-state index is 0.120. The Labute approximate surface area is 245 Å². The largest absolute Gasteiger partial charge is 0.228 e. The molecule has 1 spiro atoms. The van der Waals surface area contributed by atoms with Crippen molar-refractivity contribution in [3.05, 3.63) is 132 Å². The van der Waals surface area contributed by atoms with Gasteiger partial charge in [-0.15, -0.1) is 0 Å². The lowest BCUT2D eigenvalue weighted by Gasteiger charge is -2.43. The molecule has 0 saturated heterocycles. The fraction of sp³-hybridized carbons (Fsp3) is 0.158. The van der Waals surface area contributed by atoms with Crippen LogP contribution < -0.4 is 0 Å². The van der Waals surface area contributed by atoms with E-state index in [-0.39, 0.29) is 5.41 Å². The Morgan fingerprint density at radius 3 is 2.12 bits per heavy atom. The average Bonchev–Trinajstić information content (AvgIpc) is 3.05. The molecule has 8 rings (SSSR count). The fourth-order valence-corrected chi connectivity index (χ4v) is 8.20. The van der Waals surface area contributed by atoms with Crippen molar-refractivity contribution in [2.24, 2.45) is 0 Å². The van der Waals surface area contributed by atoms with Gasteiger partial charge in [0.05, 0.1) is 11.2 Å². The van der Waals surface area contributed by atoms with Crippen LogP contribution in [0.4, 0.5) is 0 Å². The molecule has 1 fully saturated rings. The van der Waals surface area contributed by atoms with Gasteiger partial charge >= 0.3 is 0 Å². The van der Waals surface area contributed by atoms with Crippen LogP contribution in [0.15, 0.2) is 131 Å². The summed E-state index contributed by atoms with van der Waals surface area (Å²) in [6.45, 7) is 0. The standard InChI is InChI=1S/C38H30N2S/c1-3-12-26(13-4-1)36-30-16-5-7-18-33(30)39-37(40-36)29-15-11-14-27(24-29)28-20-21-35-32(25-28)38(22-9-2-10-23-38)31-17-6-8-19-34(31)41-35/h1,3-8,11-21,24-25H,2,9-10,22-23H2. The van der Waals surface area contributed by atoms with Crippen LogP contribution in [-0.4, -0.2) is 9.97 Å². The van der Waals surface area contributed by atoms with Crippen molar-refractivity contribution in [1.29, 1.82) is 0 Å². The third-order valence-electron chi connectivity index (χ3n) is 8.93. The number of benzene rings is 5. The molecular formula is C38H30N2S. The molecule has 2 nitrogen and oxygen atoms in total. The number of para-hydroxylation sites is 1. The topological polar surface area (TPSA) is 25.8 Å². The predicted octanol–water partition coefficient (Wildman–Crippen LogP) is 10.3. The van der Waals surface area contributed by atoms with Crippen LogP contribution in [0.3, 0.4) is 0 Å².